The molecule has 7 nitrogen and oxygen atoms in total. The number of carbonyl (C=O) groups is 4. The van der Waals surface area contributed by atoms with E-state index in [0.717, 1.165) is 16.5 Å². The second kappa shape index (κ2) is 10.9. The number of aryl methyl sites for hydroxylation is 1. The minimum absolute atomic E-state index is 0.160. The smallest absolute Gasteiger partial charge is 0.338 e. The van der Waals surface area contributed by atoms with Crippen LogP contribution in [0, 0.1) is 18.8 Å². The predicted molar refractivity (Wildman–Crippen MR) is 147 cm³/mol. The number of hydrogen-bond acceptors (Lipinski definition) is 5. The number of anilines is 2. The van der Waals surface area contributed by atoms with E-state index in [4.69, 9.17) is 4.74 Å². The van der Waals surface area contributed by atoms with E-state index in [0.29, 0.717) is 24.2 Å². The Morgan fingerprint density at radius 2 is 1.71 bits per heavy atom. The number of carbonyl (C=O) groups excluding carboxylic acids is 4. The van der Waals surface area contributed by atoms with Gasteiger partial charge in [0.15, 0.2) is 6.61 Å². The molecule has 1 aliphatic heterocycles. The van der Waals surface area contributed by atoms with Gasteiger partial charge in [0.05, 0.1) is 23.1 Å². The lowest BCUT2D eigenvalue weighted by Crippen LogP contribution is -2.31. The van der Waals surface area contributed by atoms with Crippen LogP contribution in [0.25, 0.3) is 0 Å². The second-order valence-electron chi connectivity index (χ2n) is 9.78. The quantitative estimate of drug-likeness (QED) is 0.304. The van der Waals surface area contributed by atoms with E-state index in [9.17, 15) is 19.2 Å². The van der Waals surface area contributed by atoms with E-state index < -0.39 is 18.5 Å². The third kappa shape index (κ3) is 5.27. The van der Waals surface area contributed by atoms with Crippen molar-refractivity contribution in [3.05, 3.63) is 94.0 Å². The van der Waals surface area contributed by atoms with Crippen LogP contribution in [0.5, 0.6) is 0 Å². The lowest BCUT2D eigenvalue weighted by atomic mass is 9.73. The fourth-order valence-corrected chi connectivity index (χ4v) is 5.88. The molecule has 3 aromatic carbocycles. The monoisotopic (exact) mass is 574 g/mol. The Hall–Kier alpha value is -3.78. The number of rotatable bonds is 6. The molecule has 3 aromatic rings. The first kappa shape index (κ1) is 25.9. The van der Waals surface area contributed by atoms with E-state index in [1.807, 2.05) is 31.2 Å². The van der Waals surface area contributed by atoms with Crippen molar-refractivity contribution in [2.24, 2.45) is 11.8 Å². The molecule has 0 spiro atoms. The van der Waals surface area contributed by atoms with Gasteiger partial charge in [-0.15, -0.1) is 0 Å². The van der Waals surface area contributed by atoms with Crippen molar-refractivity contribution in [1.29, 1.82) is 0 Å². The van der Waals surface area contributed by atoms with Crippen molar-refractivity contribution < 1.29 is 23.9 Å². The van der Waals surface area contributed by atoms with Crippen LogP contribution in [0.4, 0.5) is 11.4 Å². The Morgan fingerprint density at radius 3 is 2.47 bits per heavy atom. The molecule has 0 unspecified atom stereocenters. The Bertz CT molecular complexity index is 1410. The van der Waals surface area contributed by atoms with Gasteiger partial charge < -0.3 is 10.1 Å². The van der Waals surface area contributed by atoms with Crippen LogP contribution in [0.1, 0.15) is 46.7 Å². The number of hydrogen-bond donors (Lipinski definition) is 1. The molecule has 1 saturated heterocycles. The van der Waals surface area contributed by atoms with Crippen LogP contribution in [0.15, 0.2) is 77.3 Å². The first-order valence-corrected chi connectivity index (χ1v) is 13.4. The molecular formula is C30H27BrN2O5. The average Bonchev–Trinajstić information content (AvgIpc) is 3.18. The van der Waals surface area contributed by atoms with Crippen LogP contribution in [0.2, 0.25) is 0 Å². The first-order valence-electron chi connectivity index (χ1n) is 12.6. The standard InChI is InChI=1S/C30H27BrN2O5/c1-18-14-22(31)11-13-26(18)32-27(34)17-38-30(37)21-8-5-9-23(15-21)33-28(35)24-12-10-20(16-25(24)29(33)36)19-6-3-2-4-7-19/h2-9,11,13-15,20,24-25H,10,12,16-17H2,1H3,(H,32,34)/t20-,24+,25+/m0/s1. The second-order valence-corrected chi connectivity index (χ2v) is 10.7. The van der Waals surface area contributed by atoms with Crippen molar-refractivity contribution in [3.8, 4) is 0 Å². The normalized spacial score (nSPS) is 20.7. The molecule has 38 heavy (non-hydrogen) atoms. The van der Waals surface area contributed by atoms with Gasteiger partial charge in [-0.05, 0) is 79.6 Å². The third-order valence-corrected chi connectivity index (χ3v) is 7.83. The lowest BCUT2D eigenvalue weighted by molar-refractivity contribution is -0.122. The summed E-state index contributed by atoms with van der Waals surface area (Å²) in [6, 6.07) is 21.8. The lowest BCUT2D eigenvalue weighted by Gasteiger charge is -2.28. The fourth-order valence-electron chi connectivity index (χ4n) is 5.40. The van der Waals surface area contributed by atoms with Gasteiger partial charge in [0.2, 0.25) is 11.8 Å². The van der Waals surface area contributed by atoms with Gasteiger partial charge in [-0.25, -0.2) is 4.79 Å². The van der Waals surface area contributed by atoms with Gasteiger partial charge in [0, 0.05) is 10.2 Å². The van der Waals surface area contributed by atoms with Gasteiger partial charge in [-0.2, -0.15) is 0 Å². The van der Waals surface area contributed by atoms with Crippen molar-refractivity contribution in [3.63, 3.8) is 0 Å². The van der Waals surface area contributed by atoms with Crippen molar-refractivity contribution >= 4 is 51.0 Å². The van der Waals surface area contributed by atoms with Gasteiger partial charge in [0.1, 0.15) is 0 Å². The SMILES string of the molecule is Cc1cc(Br)ccc1NC(=O)COC(=O)c1cccc(N2C(=O)[C@@H]3CC[C@H](c4ccccc4)C[C@H]3C2=O)c1. The van der Waals surface area contributed by atoms with Gasteiger partial charge in [-0.1, -0.05) is 52.3 Å². The molecule has 1 aliphatic carbocycles. The summed E-state index contributed by atoms with van der Waals surface area (Å²) in [6.45, 7) is 1.39. The largest absolute Gasteiger partial charge is 0.452 e. The molecule has 0 aromatic heterocycles. The minimum atomic E-state index is -0.713. The molecule has 2 fully saturated rings. The summed E-state index contributed by atoms with van der Waals surface area (Å²) in [5.74, 6) is -2.11. The van der Waals surface area contributed by atoms with Gasteiger partial charge >= 0.3 is 5.97 Å². The Morgan fingerprint density at radius 1 is 0.947 bits per heavy atom. The maximum Gasteiger partial charge on any atom is 0.338 e. The van der Waals surface area contributed by atoms with Crippen molar-refractivity contribution in [2.45, 2.75) is 32.1 Å². The van der Waals surface area contributed by atoms with Crippen LogP contribution < -0.4 is 10.2 Å². The molecule has 3 amide bonds. The van der Waals surface area contributed by atoms with E-state index in [1.54, 1.807) is 24.3 Å². The van der Waals surface area contributed by atoms with E-state index >= 15 is 0 Å². The van der Waals surface area contributed by atoms with Crippen LogP contribution in [0.3, 0.4) is 0 Å². The van der Waals surface area contributed by atoms with Crippen molar-refractivity contribution in [2.75, 3.05) is 16.8 Å². The summed E-state index contributed by atoms with van der Waals surface area (Å²) in [6.07, 6.45) is 2.14. The molecule has 0 radical (unpaired) electrons. The summed E-state index contributed by atoms with van der Waals surface area (Å²) in [5, 5.41) is 2.72. The highest BCUT2D eigenvalue weighted by atomic mass is 79.9. The van der Waals surface area contributed by atoms with Gasteiger partial charge in [0.25, 0.3) is 5.91 Å². The average molecular weight is 575 g/mol. The molecule has 5 rings (SSSR count). The Labute approximate surface area is 229 Å². The Kier molecular flexibility index (Phi) is 7.42. The topological polar surface area (TPSA) is 92.8 Å². The molecule has 8 heteroatoms. The highest BCUT2D eigenvalue weighted by molar-refractivity contribution is 9.10. The molecule has 1 saturated carbocycles. The van der Waals surface area contributed by atoms with Crippen molar-refractivity contribution in [1.82, 2.24) is 0 Å². The zero-order chi connectivity index (χ0) is 26.8. The molecule has 194 valence electrons. The molecule has 1 heterocycles. The number of fused-ring (bicyclic) bond motifs is 1. The van der Waals surface area contributed by atoms with E-state index in [-0.39, 0.29) is 35.1 Å². The summed E-state index contributed by atoms with van der Waals surface area (Å²) in [7, 11) is 0. The zero-order valence-electron chi connectivity index (χ0n) is 20.9. The van der Waals surface area contributed by atoms with E-state index in [1.165, 1.54) is 22.6 Å². The van der Waals surface area contributed by atoms with Crippen LogP contribution in [-0.4, -0.2) is 30.3 Å². The molecular weight excluding hydrogens is 548 g/mol. The van der Waals surface area contributed by atoms with Gasteiger partial charge in [-0.3, -0.25) is 19.3 Å². The summed E-state index contributed by atoms with van der Waals surface area (Å²) >= 11 is 3.38. The third-order valence-electron chi connectivity index (χ3n) is 7.33. The predicted octanol–water partition coefficient (Wildman–Crippen LogP) is 5.63. The number of esters is 1. The maximum absolute atomic E-state index is 13.4. The number of nitrogens with one attached hydrogen (secondary N) is 1. The molecule has 0 bridgehead atoms. The Balaban J connectivity index is 1.24. The number of benzene rings is 3. The first-order chi connectivity index (χ1) is 18.3. The summed E-state index contributed by atoms with van der Waals surface area (Å²) < 4.78 is 6.10. The minimum Gasteiger partial charge on any atom is -0.452 e. The van der Waals surface area contributed by atoms with Crippen LogP contribution in [-0.2, 0) is 19.1 Å². The zero-order valence-corrected chi connectivity index (χ0v) is 22.4. The highest BCUT2D eigenvalue weighted by Gasteiger charge is 2.50. The maximum atomic E-state index is 13.4. The highest BCUT2D eigenvalue weighted by Crippen LogP contribution is 2.45. The molecule has 3 atom stereocenters. The number of halogens is 1. The number of nitrogens with zero attached hydrogens (tertiary/aromatic N) is 1. The number of amides is 3. The molecule has 1 N–H and O–H groups in total. The molecule has 2 aliphatic rings. The van der Waals surface area contributed by atoms with Crippen LogP contribution >= 0.6 is 15.9 Å². The fraction of sp³-hybridized carbons (Fsp3) is 0.267. The number of imide groups is 1. The summed E-state index contributed by atoms with van der Waals surface area (Å²) in [4.78, 5) is 52.9. The number of ether oxygens (including phenoxy) is 1. The van der Waals surface area contributed by atoms with E-state index in [2.05, 4.69) is 33.4 Å². The summed E-state index contributed by atoms with van der Waals surface area (Å²) in [5.41, 5.74) is 3.18.